The van der Waals surface area contributed by atoms with Crippen LogP contribution in [0.25, 0.3) is 0 Å². The topological polar surface area (TPSA) is 55.1 Å². The molecule has 0 heterocycles. The molecule has 5 heteroatoms. The predicted molar refractivity (Wildman–Crippen MR) is 52.1 cm³/mol. The molecule has 0 atom stereocenters. The van der Waals surface area contributed by atoms with Gasteiger partial charge in [0.1, 0.15) is 0 Å². The highest BCUT2D eigenvalue weighted by Crippen LogP contribution is 2.25. The molecule has 1 aromatic rings. The van der Waals surface area contributed by atoms with Gasteiger partial charge in [0.25, 0.3) is 5.24 Å². The zero-order chi connectivity index (χ0) is 9.14. The van der Waals surface area contributed by atoms with Gasteiger partial charge in [-0.15, -0.1) is 0 Å². The third-order valence-corrected chi connectivity index (χ3v) is 2.22. The van der Waals surface area contributed by atoms with E-state index in [4.69, 9.17) is 17.4 Å². The fourth-order valence-electron chi connectivity index (χ4n) is 0.844. The summed E-state index contributed by atoms with van der Waals surface area (Å²) in [5.41, 5.74) is 3.24. The van der Waals surface area contributed by atoms with Crippen LogP contribution in [0.1, 0.15) is 10.4 Å². The Kier molecular flexibility index (Phi) is 3.08. The third kappa shape index (κ3) is 1.77. The molecule has 0 aliphatic heterocycles. The maximum absolute atomic E-state index is 10.9. The number of rotatable bonds is 2. The van der Waals surface area contributed by atoms with Crippen LogP contribution in [0.2, 0.25) is 0 Å². The summed E-state index contributed by atoms with van der Waals surface area (Å²) in [5.74, 6) is 5.18. The highest BCUT2D eigenvalue weighted by molar-refractivity contribution is 9.10. The van der Waals surface area contributed by atoms with E-state index in [2.05, 4.69) is 21.4 Å². The number of halogens is 2. The molecule has 0 saturated heterocycles. The Balaban J connectivity index is 3.29. The van der Waals surface area contributed by atoms with E-state index in [-0.39, 0.29) is 0 Å². The highest BCUT2D eigenvalue weighted by Gasteiger charge is 2.11. The summed E-state index contributed by atoms with van der Waals surface area (Å²) in [6.07, 6.45) is 0. The zero-order valence-corrected chi connectivity index (χ0v) is 8.32. The van der Waals surface area contributed by atoms with E-state index in [1.165, 1.54) is 0 Å². The SMILES string of the molecule is NNc1cccc(Br)c1C(=O)Cl. The lowest BCUT2D eigenvalue weighted by Crippen LogP contribution is -2.10. The summed E-state index contributed by atoms with van der Waals surface area (Å²) in [4.78, 5) is 10.9. The Morgan fingerprint density at radius 3 is 2.67 bits per heavy atom. The molecule has 0 unspecified atom stereocenters. The maximum atomic E-state index is 10.9. The predicted octanol–water partition coefficient (Wildman–Crippen LogP) is 2.11. The normalized spacial score (nSPS) is 9.58. The fraction of sp³-hybridized carbons (Fsp3) is 0. The Morgan fingerprint density at radius 2 is 2.25 bits per heavy atom. The molecule has 0 radical (unpaired) electrons. The quantitative estimate of drug-likeness (QED) is 0.479. The van der Waals surface area contributed by atoms with Crippen molar-refractivity contribution in [1.82, 2.24) is 0 Å². The molecule has 0 saturated carbocycles. The lowest BCUT2D eigenvalue weighted by atomic mass is 10.2. The molecule has 0 amide bonds. The molecule has 0 bridgehead atoms. The van der Waals surface area contributed by atoms with E-state index in [0.717, 1.165) is 0 Å². The summed E-state index contributed by atoms with van der Waals surface area (Å²) >= 11 is 8.52. The number of hydrogen-bond acceptors (Lipinski definition) is 3. The summed E-state index contributed by atoms with van der Waals surface area (Å²) in [7, 11) is 0. The first-order chi connectivity index (χ1) is 5.66. The first kappa shape index (κ1) is 9.51. The largest absolute Gasteiger partial charge is 0.323 e. The van der Waals surface area contributed by atoms with Gasteiger partial charge >= 0.3 is 0 Å². The molecular weight excluding hydrogens is 243 g/mol. The summed E-state index contributed by atoms with van der Waals surface area (Å²) in [6, 6.07) is 5.14. The van der Waals surface area contributed by atoms with Crippen LogP contribution in [0, 0.1) is 0 Å². The zero-order valence-electron chi connectivity index (χ0n) is 5.97. The Bertz CT molecular complexity index is 316. The smallest absolute Gasteiger partial charge is 0.255 e. The molecule has 0 aromatic heterocycles. The number of anilines is 1. The third-order valence-electron chi connectivity index (χ3n) is 1.37. The van der Waals surface area contributed by atoms with Crippen LogP contribution in [-0.4, -0.2) is 5.24 Å². The van der Waals surface area contributed by atoms with Gasteiger partial charge in [-0.2, -0.15) is 0 Å². The molecule has 64 valence electrons. The van der Waals surface area contributed by atoms with Crippen molar-refractivity contribution in [2.45, 2.75) is 0 Å². The summed E-state index contributed by atoms with van der Waals surface area (Å²) in [6.45, 7) is 0. The van der Waals surface area contributed by atoms with Crippen molar-refractivity contribution in [1.29, 1.82) is 0 Å². The lowest BCUT2D eigenvalue weighted by molar-refractivity contribution is 0.108. The maximum Gasteiger partial charge on any atom is 0.255 e. The molecule has 3 N–H and O–H groups in total. The number of carbonyl (C=O) groups is 1. The number of nitrogens with two attached hydrogens (primary N) is 1. The minimum Gasteiger partial charge on any atom is -0.323 e. The number of benzene rings is 1. The number of nitrogens with one attached hydrogen (secondary N) is 1. The second-order valence-electron chi connectivity index (χ2n) is 2.08. The molecule has 3 nitrogen and oxygen atoms in total. The van der Waals surface area contributed by atoms with Crippen LogP contribution in [-0.2, 0) is 0 Å². The van der Waals surface area contributed by atoms with Crippen LogP contribution in [0.5, 0.6) is 0 Å². The fourth-order valence-corrected chi connectivity index (χ4v) is 1.71. The van der Waals surface area contributed by atoms with Crippen molar-refractivity contribution in [2.75, 3.05) is 5.43 Å². The number of hydrogen-bond donors (Lipinski definition) is 2. The van der Waals surface area contributed by atoms with Gasteiger partial charge in [0.15, 0.2) is 0 Å². The second kappa shape index (κ2) is 3.89. The monoisotopic (exact) mass is 248 g/mol. The van der Waals surface area contributed by atoms with Gasteiger partial charge < -0.3 is 5.43 Å². The van der Waals surface area contributed by atoms with Gasteiger partial charge in [0, 0.05) is 4.47 Å². The van der Waals surface area contributed by atoms with Crippen molar-refractivity contribution >= 4 is 38.5 Å². The van der Waals surface area contributed by atoms with Crippen molar-refractivity contribution in [3.8, 4) is 0 Å². The first-order valence-electron chi connectivity index (χ1n) is 3.11. The van der Waals surface area contributed by atoms with Gasteiger partial charge in [-0.1, -0.05) is 6.07 Å². The van der Waals surface area contributed by atoms with Crippen LogP contribution in [0.4, 0.5) is 5.69 Å². The van der Waals surface area contributed by atoms with E-state index in [9.17, 15) is 4.79 Å². The molecule has 12 heavy (non-hydrogen) atoms. The average Bonchev–Trinajstić information content (AvgIpc) is 2.03. The Labute approximate surface area is 83.0 Å². The standard InChI is InChI=1S/C7H6BrClN2O/c8-4-2-1-3-5(11-10)6(4)7(9)12/h1-3,11H,10H2. The highest BCUT2D eigenvalue weighted by atomic mass is 79.9. The molecule has 1 aromatic carbocycles. The van der Waals surface area contributed by atoms with E-state index in [1.807, 2.05) is 0 Å². The van der Waals surface area contributed by atoms with Crippen LogP contribution in [0.3, 0.4) is 0 Å². The Morgan fingerprint density at radius 1 is 1.58 bits per heavy atom. The minimum absolute atomic E-state index is 0.349. The lowest BCUT2D eigenvalue weighted by Gasteiger charge is -2.05. The van der Waals surface area contributed by atoms with Gasteiger partial charge in [-0.3, -0.25) is 10.6 Å². The molecule has 1 rings (SSSR count). The Hall–Kier alpha value is -0.580. The molecule has 0 spiro atoms. The number of hydrazine groups is 1. The first-order valence-corrected chi connectivity index (χ1v) is 4.29. The van der Waals surface area contributed by atoms with Crippen LogP contribution in [0.15, 0.2) is 22.7 Å². The van der Waals surface area contributed by atoms with Crippen molar-refractivity contribution in [3.05, 3.63) is 28.2 Å². The van der Waals surface area contributed by atoms with Crippen LogP contribution < -0.4 is 11.3 Å². The number of carbonyl (C=O) groups excluding carboxylic acids is 1. The van der Waals surface area contributed by atoms with E-state index >= 15 is 0 Å². The van der Waals surface area contributed by atoms with E-state index < -0.39 is 5.24 Å². The molecule has 0 aliphatic carbocycles. The van der Waals surface area contributed by atoms with Crippen molar-refractivity contribution in [3.63, 3.8) is 0 Å². The minimum atomic E-state index is -0.546. The average molecular weight is 249 g/mol. The van der Waals surface area contributed by atoms with Crippen molar-refractivity contribution < 1.29 is 4.79 Å². The van der Waals surface area contributed by atoms with Gasteiger partial charge in [0.05, 0.1) is 11.3 Å². The van der Waals surface area contributed by atoms with Crippen molar-refractivity contribution in [2.24, 2.45) is 5.84 Å². The second-order valence-corrected chi connectivity index (χ2v) is 3.28. The van der Waals surface area contributed by atoms with Gasteiger partial charge in [0.2, 0.25) is 0 Å². The molecular formula is C7H6BrClN2O. The van der Waals surface area contributed by atoms with Gasteiger partial charge in [-0.25, -0.2) is 0 Å². The van der Waals surface area contributed by atoms with Crippen LogP contribution >= 0.6 is 27.5 Å². The number of nitrogen functional groups attached to an aromatic ring is 1. The summed E-state index contributed by atoms with van der Waals surface area (Å²) < 4.78 is 0.623. The van der Waals surface area contributed by atoms with E-state index in [0.29, 0.717) is 15.7 Å². The van der Waals surface area contributed by atoms with E-state index in [1.54, 1.807) is 18.2 Å². The summed E-state index contributed by atoms with van der Waals surface area (Å²) in [5, 5.41) is -0.546. The van der Waals surface area contributed by atoms with Gasteiger partial charge in [-0.05, 0) is 39.7 Å². The molecule has 0 fully saturated rings. The molecule has 0 aliphatic rings.